The number of hydrogen-bond acceptors (Lipinski definition) is 1. The molecule has 2 aliphatic rings. The van der Waals surface area contributed by atoms with Crippen LogP contribution in [-0.2, 0) is 0 Å². The van der Waals surface area contributed by atoms with Gasteiger partial charge in [0.25, 0.3) is 0 Å². The monoisotopic (exact) mass is 271 g/mol. The lowest BCUT2D eigenvalue weighted by Gasteiger charge is -2.37. The van der Waals surface area contributed by atoms with Gasteiger partial charge >= 0.3 is 0 Å². The predicted molar refractivity (Wildman–Crippen MR) is 86.7 cm³/mol. The summed E-state index contributed by atoms with van der Waals surface area (Å²) in [5.41, 5.74) is 9.34. The Morgan fingerprint density at radius 1 is 0.750 bits per heavy atom. The van der Waals surface area contributed by atoms with Gasteiger partial charge in [0.1, 0.15) is 0 Å². The van der Waals surface area contributed by atoms with E-state index in [2.05, 4.69) is 39.5 Å². The second-order valence-corrected chi connectivity index (χ2v) is 7.10. The SMILES string of the molecule is Cc1c(C)c(C)c(C2CCC3CCCN3C2)c(C)c1C. The molecule has 2 saturated heterocycles. The standard InChI is InChI=1S/C19H29N/c1-12-13(2)15(4)19(16(5)14(12)3)17-8-9-18-7-6-10-20(18)11-17/h17-18H,6-11H2,1-5H3. The summed E-state index contributed by atoms with van der Waals surface area (Å²) < 4.78 is 0. The van der Waals surface area contributed by atoms with Crippen LogP contribution in [0.2, 0.25) is 0 Å². The molecule has 3 rings (SSSR count). The lowest BCUT2D eigenvalue weighted by molar-refractivity contribution is 0.178. The van der Waals surface area contributed by atoms with E-state index >= 15 is 0 Å². The Bertz CT molecular complexity index is 500. The summed E-state index contributed by atoms with van der Waals surface area (Å²) in [6.07, 6.45) is 5.66. The fraction of sp³-hybridized carbons (Fsp3) is 0.684. The van der Waals surface area contributed by atoms with Crippen LogP contribution in [0.3, 0.4) is 0 Å². The predicted octanol–water partition coefficient (Wildman–Crippen LogP) is 4.57. The van der Waals surface area contributed by atoms with E-state index in [-0.39, 0.29) is 0 Å². The quantitative estimate of drug-likeness (QED) is 0.723. The average Bonchev–Trinajstić information content (AvgIpc) is 2.91. The second-order valence-electron chi connectivity index (χ2n) is 7.10. The molecule has 0 N–H and O–H groups in total. The highest BCUT2D eigenvalue weighted by atomic mass is 15.2. The van der Waals surface area contributed by atoms with E-state index < -0.39 is 0 Å². The molecule has 0 amide bonds. The van der Waals surface area contributed by atoms with E-state index in [4.69, 9.17) is 0 Å². The van der Waals surface area contributed by atoms with Crippen molar-refractivity contribution in [1.82, 2.24) is 4.90 Å². The molecule has 2 fully saturated rings. The molecule has 2 unspecified atom stereocenters. The molecular weight excluding hydrogens is 242 g/mol. The maximum Gasteiger partial charge on any atom is 0.00962 e. The van der Waals surface area contributed by atoms with E-state index in [1.807, 2.05) is 0 Å². The molecule has 0 aliphatic carbocycles. The van der Waals surface area contributed by atoms with Crippen LogP contribution in [0, 0.1) is 34.6 Å². The van der Waals surface area contributed by atoms with Gasteiger partial charge in [-0.2, -0.15) is 0 Å². The minimum absolute atomic E-state index is 0.766. The number of piperidine rings is 1. The number of rotatable bonds is 1. The van der Waals surface area contributed by atoms with E-state index in [0.29, 0.717) is 0 Å². The molecule has 0 radical (unpaired) electrons. The Morgan fingerprint density at radius 2 is 1.35 bits per heavy atom. The average molecular weight is 271 g/mol. The van der Waals surface area contributed by atoms with Gasteiger partial charge in [0.2, 0.25) is 0 Å². The molecule has 1 aromatic carbocycles. The first-order chi connectivity index (χ1) is 9.50. The summed E-state index contributed by atoms with van der Waals surface area (Å²) >= 11 is 0. The van der Waals surface area contributed by atoms with E-state index in [1.165, 1.54) is 55.5 Å². The Labute approximate surface area is 124 Å². The highest BCUT2D eigenvalue weighted by molar-refractivity contribution is 5.51. The molecule has 0 aromatic heterocycles. The van der Waals surface area contributed by atoms with Crippen molar-refractivity contribution < 1.29 is 0 Å². The Hall–Kier alpha value is -0.820. The van der Waals surface area contributed by atoms with Crippen LogP contribution < -0.4 is 0 Å². The summed E-state index contributed by atoms with van der Waals surface area (Å²) in [5, 5.41) is 0. The van der Waals surface area contributed by atoms with E-state index in [9.17, 15) is 0 Å². The molecule has 2 aliphatic heterocycles. The summed E-state index contributed by atoms with van der Waals surface area (Å²) in [6.45, 7) is 14.2. The number of benzene rings is 1. The van der Waals surface area contributed by atoms with Gasteiger partial charge < -0.3 is 0 Å². The third-order valence-corrected chi connectivity index (χ3v) is 6.27. The van der Waals surface area contributed by atoms with Gasteiger partial charge in [-0.05, 0) is 106 Å². The fourth-order valence-corrected chi connectivity index (χ4v) is 4.61. The van der Waals surface area contributed by atoms with Gasteiger partial charge in [-0.15, -0.1) is 0 Å². The minimum Gasteiger partial charge on any atom is -0.300 e. The largest absolute Gasteiger partial charge is 0.300 e. The smallest absolute Gasteiger partial charge is 0.00962 e. The molecule has 1 nitrogen and oxygen atoms in total. The molecular formula is C19H29N. The molecule has 110 valence electrons. The van der Waals surface area contributed by atoms with Gasteiger partial charge in [0.05, 0.1) is 0 Å². The molecule has 0 bridgehead atoms. The molecule has 2 atom stereocenters. The van der Waals surface area contributed by atoms with Crippen LogP contribution in [0.5, 0.6) is 0 Å². The normalized spacial score (nSPS) is 26.9. The Balaban J connectivity index is 1.98. The van der Waals surface area contributed by atoms with Crippen molar-refractivity contribution in [2.75, 3.05) is 13.1 Å². The molecule has 2 heterocycles. The van der Waals surface area contributed by atoms with Gasteiger partial charge in [0, 0.05) is 12.6 Å². The van der Waals surface area contributed by atoms with Crippen molar-refractivity contribution in [3.8, 4) is 0 Å². The Morgan fingerprint density at radius 3 is 2.00 bits per heavy atom. The second kappa shape index (κ2) is 5.18. The number of fused-ring (bicyclic) bond motifs is 1. The first kappa shape index (κ1) is 14.1. The van der Waals surface area contributed by atoms with Crippen molar-refractivity contribution in [3.05, 3.63) is 33.4 Å². The summed E-state index contributed by atoms with van der Waals surface area (Å²) in [7, 11) is 0. The third kappa shape index (κ3) is 2.11. The van der Waals surface area contributed by atoms with Crippen molar-refractivity contribution in [2.45, 2.75) is 72.3 Å². The molecule has 1 aromatic rings. The highest BCUT2D eigenvalue weighted by Gasteiger charge is 2.33. The molecule has 1 heteroatoms. The molecule has 0 spiro atoms. The van der Waals surface area contributed by atoms with Crippen molar-refractivity contribution in [3.63, 3.8) is 0 Å². The zero-order valence-corrected chi connectivity index (χ0v) is 13.8. The topological polar surface area (TPSA) is 3.24 Å². The van der Waals surface area contributed by atoms with Crippen LogP contribution in [-0.4, -0.2) is 24.0 Å². The molecule has 0 saturated carbocycles. The van der Waals surface area contributed by atoms with Crippen molar-refractivity contribution in [1.29, 1.82) is 0 Å². The minimum atomic E-state index is 0.766. The van der Waals surface area contributed by atoms with Gasteiger partial charge in [-0.3, -0.25) is 4.90 Å². The van der Waals surface area contributed by atoms with Gasteiger partial charge in [-0.25, -0.2) is 0 Å². The molecule has 20 heavy (non-hydrogen) atoms. The van der Waals surface area contributed by atoms with E-state index in [0.717, 1.165) is 12.0 Å². The van der Waals surface area contributed by atoms with Crippen LogP contribution in [0.15, 0.2) is 0 Å². The van der Waals surface area contributed by atoms with Crippen LogP contribution in [0.1, 0.15) is 65.0 Å². The number of nitrogens with zero attached hydrogens (tertiary/aromatic N) is 1. The first-order valence-corrected chi connectivity index (χ1v) is 8.31. The van der Waals surface area contributed by atoms with Crippen LogP contribution >= 0.6 is 0 Å². The Kier molecular flexibility index (Phi) is 3.66. The zero-order valence-electron chi connectivity index (χ0n) is 13.8. The maximum atomic E-state index is 2.76. The lowest BCUT2D eigenvalue weighted by Crippen LogP contribution is -2.38. The third-order valence-electron chi connectivity index (χ3n) is 6.27. The van der Waals surface area contributed by atoms with Crippen LogP contribution in [0.4, 0.5) is 0 Å². The van der Waals surface area contributed by atoms with Gasteiger partial charge in [0.15, 0.2) is 0 Å². The van der Waals surface area contributed by atoms with E-state index in [1.54, 1.807) is 16.7 Å². The first-order valence-electron chi connectivity index (χ1n) is 8.31. The lowest BCUT2D eigenvalue weighted by atomic mass is 9.79. The summed E-state index contributed by atoms with van der Waals surface area (Å²) in [6, 6.07) is 0.902. The fourth-order valence-electron chi connectivity index (χ4n) is 4.61. The van der Waals surface area contributed by atoms with Crippen molar-refractivity contribution in [2.24, 2.45) is 0 Å². The zero-order chi connectivity index (χ0) is 14.4. The summed E-state index contributed by atoms with van der Waals surface area (Å²) in [5.74, 6) is 0.766. The van der Waals surface area contributed by atoms with Crippen LogP contribution in [0.25, 0.3) is 0 Å². The number of hydrogen-bond donors (Lipinski definition) is 0. The van der Waals surface area contributed by atoms with Gasteiger partial charge in [-0.1, -0.05) is 0 Å². The highest BCUT2D eigenvalue weighted by Crippen LogP contribution is 2.39. The maximum absolute atomic E-state index is 2.76. The van der Waals surface area contributed by atoms with Crippen molar-refractivity contribution >= 4 is 0 Å². The summed E-state index contributed by atoms with van der Waals surface area (Å²) in [4.78, 5) is 2.76.